The van der Waals surface area contributed by atoms with Gasteiger partial charge in [-0.05, 0) is 43.7 Å². The third kappa shape index (κ3) is 2.35. The van der Waals surface area contributed by atoms with Crippen molar-refractivity contribution >= 4 is 28.2 Å². The molecule has 0 amide bonds. The van der Waals surface area contributed by atoms with Gasteiger partial charge in [0.2, 0.25) is 0 Å². The van der Waals surface area contributed by atoms with Crippen LogP contribution in [0.25, 0.3) is 10.9 Å². The van der Waals surface area contributed by atoms with Crippen LogP contribution in [0.5, 0.6) is 0 Å². The topological polar surface area (TPSA) is 24.9 Å². The van der Waals surface area contributed by atoms with Gasteiger partial charge in [0, 0.05) is 23.7 Å². The molecule has 1 heterocycles. The largest absolute Gasteiger partial charge is 0.384 e. The summed E-state index contributed by atoms with van der Waals surface area (Å²) in [6.45, 7) is 3.02. The fraction of sp³-hybridized carbons (Fsp3) is 0.438. The van der Waals surface area contributed by atoms with Gasteiger partial charge in [0.15, 0.2) is 0 Å². The van der Waals surface area contributed by atoms with Crippen LogP contribution >= 0.6 is 11.6 Å². The molecule has 0 bridgehead atoms. The number of halogens is 2. The van der Waals surface area contributed by atoms with Gasteiger partial charge in [0.05, 0.1) is 16.2 Å². The van der Waals surface area contributed by atoms with Crippen molar-refractivity contribution < 1.29 is 4.39 Å². The SMILES string of the molecule is CCCNc1c2c(nc3cc(F)cc(Cl)c13)CCCC2. The lowest BCUT2D eigenvalue weighted by Gasteiger charge is -2.22. The Morgan fingerprint density at radius 1 is 1.30 bits per heavy atom. The van der Waals surface area contributed by atoms with Crippen LogP contribution in [-0.4, -0.2) is 11.5 Å². The van der Waals surface area contributed by atoms with Crippen molar-refractivity contribution in [3.05, 3.63) is 34.2 Å². The lowest BCUT2D eigenvalue weighted by Crippen LogP contribution is -2.12. The van der Waals surface area contributed by atoms with E-state index in [4.69, 9.17) is 11.6 Å². The minimum absolute atomic E-state index is 0.327. The van der Waals surface area contributed by atoms with Gasteiger partial charge in [-0.15, -0.1) is 0 Å². The first-order valence-electron chi connectivity index (χ1n) is 7.25. The number of pyridine rings is 1. The first-order valence-corrected chi connectivity index (χ1v) is 7.63. The molecule has 1 aromatic heterocycles. The van der Waals surface area contributed by atoms with Gasteiger partial charge in [-0.1, -0.05) is 18.5 Å². The van der Waals surface area contributed by atoms with Gasteiger partial charge >= 0.3 is 0 Å². The van der Waals surface area contributed by atoms with Crippen LogP contribution in [0.4, 0.5) is 10.1 Å². The number of anilines is 1. The Hall–Kier alpha value is -1.35. The van der Waals surface area contributed by atoms with Gasteiger partial charge in [0.25, 0.3) is 0 Å². The lowest BCUT2D eigenvalue weighted by molar-refractivity contribution is 0.629. The lowest BCUT2D eigenvalue weighted by atomic mass is 9.92. The monoisotopic (exact) mass is 292 g/mol. The van der Waals surface area contributed by atoms with Crippen LogP contribution < -0.4 is 5.32 Å². The number of hydrogen-bond acceptors (Lipinski definition) is 2. The third-order valence-electron chi connectivity index (χ3n) is 3.83. The molecule has 0 unspecified atom stereocenters. The number of aromatic nitrogens is 1. The molecule has 0 spiro atoms. The van der Waals surface area contributed by atoms with E-state index in [1.807, 2.05) is 0 Å². The second-order valence-corrected chi connectivity index (χ2v) is 5.73. The zero-order valence-corrected chi connectivity index (χ0v) is 12.4. The van der Waals surface area contributed by atoms with Gasteiger partial charge in [-0.25, -0.2) is 4.39 Å². The first-order chi connectivity index (χ1) is 9.70. The Bertz CT molecular complexity index is 655. The summed E-state index contributed by atoms with van der Waals surface area (Å²) in [6, 6.07) is 2.85. The Morgan fingerprint density at radius 2 is 2.10 bits per heavy atom. The van der Waals surface area contributed by atoms with Crippen molar-refractivity contribution in [3.8, 4) is 0 Å². The molecule has 4 heteroatoms. The van der Waals surface area contributed by atoms with Crippen molar-refractivity contribution in [1.29, 1.82) is 0 Å². The molecule has 0 aliphatic heterocycles. The zero-order valence-electron chi connectivity index (χ0n) is 11.6. The predicted molar refractivity (Wildman–Crippen MR) is 82.1 cm³/mol. The molecule has 0 fully saturated rings. The number of nitrogens with zero attached hydrogens (tertiary/aromatic N) is 1. The predicted octanol–water partition coefficient (Wildman–Crippen LogP) is 4.73. The highest BCUT2D eigenvalue weighted by Gasteiger charge is 2.20. The number of aryl methyl sites for hydroxylation is 1. The smallest absolute Gasteiger partial charge is 0.126 e. The van der Waals surface area contributed by atoms with Crippen molar-refractivity contribution in [3.63, 3.8) is 0 Å². The summed E-state index contributed by atoms with van der Waals surface area (Å²) >= 11 is 6.27. The van der Waals surface area contributed by atoms with Crippen LogP contribution in [0.2, 0.25) is 5.02 Å². The number of rotatable bonds is 3. The van der Waals surface area contributed by atoms with Crippen LogP contribution in [0, 0.1) is 5.82 Å². The molecular formula is C16H18ClFN2. The highest BCUT2D eigenvalue weighted by Crippen LogP contribution is 2.37. The number of nitrogens with one attached hydrogen (secondary N) is 1. The molecule has 0 radical (unpaired) electrons. The minimum Gasteiger partial charge on any atom is -0.384 e. The fourth-order valence-corrected chi connectivity index (χ4v) is 3.21. The molecule has 106 valence electrons. The summed E-state index contributed by atoms with van der Waals surface area (Å²) in [5, 5.41) is 4.79. The minimum atomic E-state index is -0.327. The molecule has 0 atom stereocenters. The van der Waals surface area contributed by atoms with E-state index in [2.05, 4.69) is 17.2 Å². The van der Waals surface area contributed by atoms with Crippen LogP contribution in [0.3, 0.4) is 0 Å². The Labute approximate surface area is 123 Å². The van der Waals surface area contributed by atoms with Gasteiger partial charge in [-0.2, -0.15) is 0 Å². The third-order valence-corrected chi connectivity index (χ3v) is 4.13. The maximum Gasteiger partial charge on any atom is 0.126 e. The normalized spacial score (nSPS) is 14.3. The van der Waals surface area contributed by atoms with E-state index in [1.54, 1.807) is 0 Å². The molecule has 0 saturated heterocycles. The van der Waals surface area contributed by atoms with Crippen molar-refractivity contribution in [1.82, 2.24) is 4.98 Å². The van der Waals surface area contributed by atoms with E-state index in [0.717, 1.165) is 49.0 Å². The quantitative estimate of drug-likeness (QED) is 0.885. The maximum absolute atomic E-state index is 13.6. The highest BCUT2D eigenvalue weighted by molar-refractivity contribution is 6.36. The van der Waals surface area contributed by atoms with E-state index in [9.17, 15) is 4.39 Å². The maximum atomic E-state index is 13.6. The Morgan fingerprint density at radius 3 is 2.90 bits per heavy atom. The summed E-state index contributed by atoms with van der Waals surface area (Å²) in [5.74, 6) is -0.327. The molecule has 1 aliphatic rings. The van der Waals surface area contributed by atoms with Crippen LogP contribution in [0.15, 0.2) is 12.1 Å². The van der Waals surface area contributed by atoms with E-state index < -0.39 is 0 Å². The summed E-state index contributed by atoms with van der Waals surface area (Å²) in [7, 11) is 0. The van der Waals surface area contributed by atoms with Crippen LogP contribution in [-0.2, 0) is 12.8 Å². The highest BCUT2D eigenvalue weighted by atomic mass is 35.5. The van der Waals surface area contributed by atoms with E-state index in [0.29, 0.717) is 10.5 Å². The number of fused-ring (bicyclic) bond motifs is 2. The zero-order chi connectivity index (χ0) is 14.1. The molecule has 2 aromatic rings. The van der Waals surface area contributed by atoms with E-state index in [1.165, 1.54) is 24.1 Å². The van der Waals surface area contributed by atoms with Gasteiger partial charge in [0.1, 0.15) is 5.82 Å². The summed E-state index contributed by atoms with van der Waals surface area (Å²) in [4.78, 5) is 4.64. The second kappa shape index (κ2) is 5.57. The van der Waals surface area contributed by atoms with Crippen molar-refractivity contribution in [2.45, 2.75) is 39.0 Å². The summed E-state index contributed by atoms with van der Waals surface area (Å²) in [6.07, 6.45) is 5.37. The van der Waals surface area contributed by atoms with Crippen molar-refractivity contribution in [2.24, 2.45) is 0 Å². The average molecular weight is 293 g/mol. The fourth-order valence-electron chi connectivity index (χ4n) is 2.92. The summed E-state index contributed by atoms with van der Waals surface area (Å²) < 4.78 is 13.6. The molecule has 1 aromatic carbocycles. The first kappa shape index (κ1) is 13.6. The van der Waals surface area contributed by atoms with Gasteiger partial charge < -0.3 is 5.32 Å². The Kier molecular flexibility index (Phi) is 3.79. The molecule has 20 heavy (non-hydrogen) atoms. The van der Waals surface area contributed by atoms with Gasteiger partial charge in [-0.3, -0.25) is 4.98 Å². The van der Waals surface area contributed by atoms with Crippen LogP contribution in [0.1, 0.15) is 37.4 Å². The standard InChI is InChI=1S/C16H18ClFN2/c1-2-7-19-16-11-5-3-4-6-13(11)20-14-9-10(18)8-12(17)15(14)16/h8-9H,2-7H2,1H3,(H,19,20). The molecule has 0 saturated carbocycles. The molecule has 2 nitrogen and oxygen atoms in total. The average Bonchev–Trinajstić information content (AvgIpc) is 2.43. The number of benzene rings is 1. The van der Waals surface area contributed by atoms with E-state index >= 15 is 0 Å². The number of hydrogen-bond donors (Lipinski definition) is 1. The van der Waals surface area contributed by atoms with E-state index in [-0.39, 0.29) is 5.82 Å². The second-order valence-electron chi connectivity index (χ2n) is 5.33. The molecule has 3 rings (SSSR count). The molecule has 1 aliphatic carbocycles. The summed E-state index contributed by atoms with van der Waals surface area (Å²) in [5.41, 5.74) is 4.10. The van der Waals surface area contributed by atoms with Crippen molar-refractivity contribution in [2.75, 3.05) is 11.9 Å². The molecule has 1 N–H and O–H groups in total. The Balaban J connectivity index is 2.27. The molecular weight excluding hydrogens is 275 g/mol.